The molecule has 2 N–H and O–H groups in total. The van der Waals surface area contributed by atoms with Gasteiger partial charge in [0.25, 0.3) is 5.56 Å². The van der Waals surface area contributed by atoms with Gasteiger partial charge in [-0.15, -0.1) is 5.10 Å². The van der Waals surface area contributed by atoms with E-state index < -0.39 is 0 Å². The average molecular weight is 235 g/mol. The second kappa shape index (κ2) is 4.57. The molecule has 6 nitrogen and oxygen atoms in total. The highest BCUT2D eigenvalue weighted by atomic mass is 16.1. The van der Waals surface area contributed by atoms with Crippen LogP contribution in [0.2, 0.25) is 0 Å². The zero-order valence-electron chi connectivity index (χ0n) is 10.2. The minimum Gasteiger partial charge on any atom is -0.366 e. The number of nitrogens with two attached hydrogens (primary N) is 1. The molecule has 0 bridgehead atoms. The van der Waals surface area contributed by atoms with Crippen LogP contribution in [0.25, 0.3) is 5.78 Å². The molecule has 0 radical (unpaired) electrons. The van der Waals surface area contributed by atoms with E-state index in [-0.39, 0.29) is 11.5 Å². The van der Waals surface area contributed by atoms with Crippen LogP contribution in [0, 0.1) is 6.92 Å². The van der Waals surface area contributed by atoms with Crippen molar-refractivity contribution in [2.75, 3.05) is 5.73 Å². The van der Waals surface area contributed by atoms with Crippen LogP contribution < -0.4 is 11.3 Å². The first-order chi connectivity index (χ1) is 8.13. The van der Waals surface area contributed by atoms with Crippen LogP contribution in [0.1, 0.15) is 31.7 Å². The first-order valence-electron chi connectivity index (χ1n) is 5.85. The maximum Gasteiger partial charge on any atom is 0.257 e. The van der Waals surface area contributed by atoms with Crippen molar-refractivity contribution in [1.29, 1.82) is 0 Å². The standard InChI is InChI=1S/C11H17N5O/c1-3-4-5-6-15-9(17)8(2)7-16-11(15)13-10(12)14-16/h7H,3-6H2,1-2H3,(H2,12,14). The second-order valence-corrected chi connectivity index (χ2v) is 4.19. The molecule has 0 aliphatic carbocycles. The first kappa shape index (κ1) is 11.6. The van der Waals surface area contributed by atoms with Crippen LogP contribution in [-0.4, -0.2) is 19.2 Å². The van der Waals surface area contributed by atoms with E-state index in [9.17, 15) is 4.79 Å². The fourth-order valence-electron chi connectivity index (χ4n) is 1.87. The lowest BCUT2D eigenvalue weighted by Crippen LogP contribution is -2.25. The van der Waals surface area contributed by atoms with Crippen LogP contribution >= 0.6 is 0 Å². The molecule has 0 spiro atoms. The van der Waals surface area contributed by atoms with Crippen molar-refractivity contribution in [2.45, 2.75) is 39.7 Å². The summed E-state index contributed by atoms with van der Waals surface area (Å²) in [4.78, 5) is 16.1. The summed E-state index contributed by atoms with van der Waals surface area (Å²) in [5.74, 6) is 0.716. The lowest BCUT2D eigenvalue weighted by molar-refractivity contribution is 0.586. The van der Waals surface area contributed by atoms with Gasteiger partial charge in [0.05, 0.1) is 0 Å². The molecule has 0 aliphatic heterocycles. The maximum absolute atomic E-state index is 12.0. The third kappa shape index (κ3) is 2.15. The molecular weight excluding hydrogens is 218 g/mol. The van der Waals surface area contributed by atoms with Gasteiger partial charge in [-0.3, -0.25) is 9.36 Å². The van der Waals surface area contributed by atoms with Gasteiger partial charge in [0, 0.05) is 18.3 Å². The van der Waals surface area contributed by atoms with E-state index in [4.69, 9.17) is 5.73 Å². The zero-order chi connectivity index (χ0) is 12.4. The first-order valence-corrected chi connectivity index (χ1v) is 5.85. The second-order valence-electron chi connectivity index (χ2n) is 4.19. The molecule has 2 aromatic rings. The summed E-state index contributed by atoms with van der Waals surface area (Å²) < 4.78 is 3.21. The van der Waals surface area contributed by atoms with Gasteiger partial charge in [0.1, 0.15) is 0 Å². The van der Waals surface area contributed by atoms with E-state index in [0.717, 1.165) is 19.3 Å². The molecule has 0 saturated carbocycles. The molecule has 0 fully saturated rings. The number of rotatable bonds is 4. The molecule has 0 aliphatic rings. The number of hydrogen-bond donors (Lipinski definition) is 1. The van der Waals surface area contributed by atoms with Crippen LogP contribution in [0.3, 0.4) is 0 Å². The van der Waals surface area contributed by atoms with Crippen molar-refractivity contribution < 1.29 is 0 Å². The Morgan fingerprint density at radius 3 is 2.88 bits per heavy atom. The molecule has 17 heavy (non-hydrogen) atoms. The Balaban J connectivity index is 2.49. The molecule has 92 valence electrons. The molecule has 0 saturated heterocycles. The van der Waals surface area contributed by atoms with E-state index in [1.165, 1.54) is 0 Å². The number of unbranched alkanes of at least 4 members (excludes halogenated alkanes) is 2. The highest BCUT2D eigenvalue weighted by molar-refractivity contribution is 5.35. The van der Waals surface area contributed by atoms with Crippen LogP contribution in [0.5, 0.6) is 0 Å². The van der Waals surface area contributed by atoms with Gasteiger partial charge in [0.2, 0.25) is 11.7 Å². The van der Waals surface area contributed by atoms with Gasteiger partial charge in [-0.2, -0.15) is 4.98 Å². The summed E-state index contributed by atoms with van der Waals surface area (Å²) in [5.41, 5.74) is 6.19. The molecular formula is C11H17N5O. The van der Waals surface area contributed by atoms with Gasteiger partial charge in [-0.1, -0.05) is 19.8 Å². The molecule has 0 amide bonds. The highest BCUT2D eigenvalue weighted by Gasteiger charge is 2.09. The van der Waals surface area contributed by atoms with Crippen molar-refractivity contribution in [1.82, 2.24) is 19.2 Å². The molecule has 6 heteroatoms. The van der Waals surface area contributed by atoms with Crippen LogP contribution in [0.15, 0.2) is 11.0 Å². The summed E-state index contributed by atoms with van der Waals surface area (Å²) in [6.07, 6.45) is 4.83. The predicted octanol–water partition coefficient (Wildman–Crippen LogP) is 0.972. The number of hydrogen-bond acceptors (Lipinski definition) is 4. The number of anilines is 1. The van der Waals surface area contributed by atoms with Gasteiger partial charge >= 0.3 is 0 Å². The van der Waals surface area contributed by atoms with Crippen molar-refractivity contribution in [3.63, 3.8) is 0 Å². The van der Waals surface area contributed by atoms with Gasteiger partial charge in [0.15, 0.2) is 0 Å². The van der Waals surface area contributed by atoms with Gasteiger partial charge in [-0.25, -0.2) is 4.52 Å². The largest absolute Gasteiger partial charge is 0.366 e. The molecule has 2 heterocycles. The van der Waals surface area contributed by atoms with Crippen molar-refractivity contribution in [3.05, 3.63) is 22.1 Å². The quantitative estimate of drug-likeness (QED) is 0.801. The maximum atomic E-state index is 12.0. The Kier molecular flexibility index (Phi) is 3.12. The summed E-state index contributed by atoms with van der Waals surface area (Å²) in [5, 5.41) is 4.03. The minimum atomic E-state index is -0.0130. The van der Waals surface area contributed by atoms with E-state index in [0.29, 0.717) is 17.9 Å². The van der Waals surface area contributed by atoms with Crippen molar-refractivity contribution >= 4 is 11.7 Å². The lowest BCUT2D eigenvalue weighted by Gasteiger charge is -2.07. The fourth-order valence-corrected chi connectivity index (χ4v) is 1.87. The van der Waals surface area contributed by atoms with E-state index in [1.54, 1.807) is 22.2 Å². The predicted molar refractivity (Wildman–Crippen MR) is 65.9 cm³/mol. The summed E-state index contributed by atoms with van der Waals surface area (Å²) in [6.45, 7) is 4.57. The molecule has 2 aromatic heterocycles. The SMILES string of the molecule is CCCCCn1c(=O)c(C)cn2nc(N)nc12. The molecule has 0 aromatic carbocycles. The van der Waals surface area contributed by atoms with Crippen LogP contribution in [0.4, 0.5) is 5.95 Å². The third-order valence-electron chi connectivity index (χ3n) is 2.75. The van der Waals surface area contributed by atoms with Gasteiger partial charge in [-0.05, 0) is 13.3 Å². The number of fused-ring (bicyclic) bond motifs is 1. The normalized spacial score (nSPS) is 11.2. The summed E-state index contributed by atoms with van der Waals surface area (Å²) >= 11 is 0. The highest BCUT2D eigenvalue weighted by Crippen LogP contribution is 2.04. The third-order valence-corrected chi connectivity index (χ3v) is 2.75. The lowest BCUT2D eigenvalue weighted by atomic mass is 10.2. The molecule has 0 atom stereocenters. The smallest absolute Gasteiger partial charge is 0.257 e. The van der Waals surface area contributed by atoms with E-state index in [1.807, 2.05) is 0 Å². The average Bonchev–Trinajstić information content (AvgIpc) is 2.64. The Bertz CT molecular complexity index is 583. The zero-order valence-corrected chi connectivity index (χ0v) is 10.2. The molecule has 2 rings (SSSR count). The number of nitrogen functional groups attached to an aromatic ring is 1. The Morgan fingerprint density at radius 2 is 2.18 bits per heavy atom. The fraction of sp³-hybridized carbons (Fsp3) is 0.545. The Hall–Kier alpha value is -1.85. The van der Waals surface area contributed by atoms with Crippen molar-refractivity contribution in [3.8, 4) is 0 Å². The van der Waals surface area contributed by atoms with E-state index in [2.05, 4.69) is 17.0 Å². The van der Waals surface area contributed by atoms with Crippen LogP contribution in [-0.2, 0) is 6.54 Å². The van der Waals surface area contributed by atoms with E-state index >= 15 is 0 Å². The Labute approximate surface area is 99.1 Å². The summed E-state index contributed by atoms with van der Waals surface area (Å²) in [7, 11) is 0. The monoisotopic (exact) mass is 235 g/mol. The molecule has 0 unspecified atom stereocenters. The number of aromatic nitrogens is 4. The van der Waals surface area contributed by atoms with Gasteiger partial charge < -0.3 is 5.73 Å². The number of nitrogens with zero attached hydrogens (tertiary/aromatic N) is 4. The Morgan fingerprint density at radius 1 is 1.41 bits per heavy atom. The van der Waals surface area contributed by atoms with Crippen molar-refractivity contribution in [2.24, 2.45) is 0 Å². The number of aryl methyl sites for hydroxylation is 2. The minimum absolute atomic E-state index is 0.0130. The topological polar surface area (TPSA) is 78.2 Å². The summed E-state index contributed by atoms with van der Waals surface area (Å²) in [6, 6.07) is 0.